The van der Waals surface area contributed by atoms with Crippen LogP contribution in [0.5, 0.6) is 0 Å². The van der Waals surface area contributed by atoms with E-state index in [0.717, 1.165) is 16.4 Å². The number of nitrogens with zero attached hydrogens (tertiary/aromatic N) is 1. The molecule has 1 aromatic rings. The molecule has 0 saturated carbocycles. The van der Waals surface area contributed by atoms with Crippen molar-refractivity contribution in [3.8, 4) is 0 Å². The molecule has 120 valence electrons. The first-order valence-corrected chi connectivity index (χ1v) is 8.16. The van der Waals surface area contributed by atoms with Crippen LogP contribution in [0.25, 0.3) is 0 Å². The zero-order chi connectivity index (χ0) is 16.3. The summed E-state index contributed by atoms with van der Waals surface area (Å²) in [5, 5.41) is 0. The lowest BCUT2D eigenvalue weighted by molar-refractivity contribution is -0.140. The number of hydrogen-bond acceptors (Lipinski definition) is 3. The number of methoxy groups -OCH3 is 1. The molecule has 0 radical (unpaired) electrons. The number of halogens is 4. The summed E-state index contributed by atoms with van der Waals surface area (Å²) < 4.78 is 69.4. The van der Waals surface area contributed by atoms with Gasteiger partial charge in [-0.1, -0.05) is 15.9 Å². The zero-order valence-corrected chi connectivity index (χ0v) is 13.8. The molecular formula is C12H15BrF3NO3S. The molecule has 0 aliphatic carbocycles. The van der Waals surface area contributed by atoms with Gasteiger partial charge in [-0.05, 0) is 24.6 Å². The molecule has 0 N–H and O–H groups in total. The molecule has 0 aliphatic heterocycles. The van der Waals surface area contributed by atoms with E-state index in [1.165, 1.54) is 20.2 Å². The smallest absolute Gasteiger partial charge is 0.385 e. The highest BCUT2D eigenvalue weighted by Crippen LogP contribution is 2.36. The molecule has 0 aliphatic rings. The largest absolute Gasteiger partial charge is 0.417 e. The topological polar surface area (TPSA) is 46.6 Å². The Morgan fingerprint density at radius 3 is 2.48 bits per heavy atom. The number of ether oxygens (including phenoxy) is 1. The van der Waals surface area contributed by atoms with E-state index in [2.05, 4.69) is 15.9 Å². The Kier molecular flexibility index (Phi) is 6.21. The second kappa shape index (κ2) is 7.08. The van der Waals surface area contributed by atoms with E-state index in [0.29, 0.717) is 13.0 Å². The maximum atomic E-state index is 13.0. The van der Waals surface area contributed by atoms with Crippen LogP contribution in [0.15, 0.2) is 27.6 Å². The van der Waals surface area contributed by atoms with Gasteiger partial charge in [0.15, 0.2) is 0 Å². The maximum Gasteiger partial charge on any atom is 0.417 e. The number of hydrogen-bond donors (Lipinski definition) is 0. The fourth-order valence-corrected chi connectivity index (χ4v) is 3.43. The summed E-state index contributed by atoms with van der Waals surface area (Å²) in [6.45, 7) is 0.399. The van der Waals surface area contributed by atoms with Gasteiger partial charge in [0.05, 0.1) is 10.5 Å². The first kappa shape index (κ1) is 18.4. The van der Waals surface area contributed by atoms with E-state index < -0.39 is 26.7 Å². The van der Waals surface area contributed by atoms with Crippen LogP contribution < -0.4 is 0 Å². The van der Waals surface area contributed by atoms with E-state index in [-0.39, 0.29) is 11.0 Å². The van der Waals surface area contributed by atoms with Gasteiger partial charge in [-0.3, -0.25) is 0 Å². The molecule has 0 saturated heterocycles. The third kappa shape index (κ3) is 4.67. The molecule has 21 heavy (non-hydrogen) atoms. The minimum absolute atomic E-state index is 0.0730. The Morgan fingerprint density at radius 2 is 1.95 bits per heavy atom. The predicted molar refractivity (Wildman–Crippen MR) is 75.5 cm³/mol. The van der Waals surface area contributed by atoms with Crippen molar-refractivity contribution >= 4 is 26.0 Å². The number of alkyl halides is 3. The summed E-state index contributed by atoms with van der Waals surface area (Å²) >= 11 is 2.92. The van der Waals surface area contributed by atoms with Gasteiger partial charge in [-0.15, -0.1) is 0 Å². The van der Waals surface area contributed by atoms with E-state index in [1.807, 2.05) is 0 Å². The Labute approximate surface area is 130 Å². The van der Waals surface area contributed by atoms with Crippen LogP contribution in [0.3, 0.4) is 0 Å². The minimum atomic E-state index is -4.75. The van der Waals surface area contributed by atoms with Crippen LogP contribution in [-0.4, -0.2) is 40.0 Å². The average molecular weight is 390 g/mol. The molecule has 0 aromatic heterocycles. The highest BCUT2D eigenvalue weighted by atomic mass is 79.9. The predicted octanol–water partition coefficient (Wildman–Crippen LogP) is 3.12. The van der Waals surface area contributed by atoms with Crippen molar-refractivity contribution in [3.05, 3.63) is 28.2 Å². The van der Waals surface area contributed by atoms with Crippen LogP contribution >= 0.6 is 15.9 Å². The van der Waals surface area contributed by atoms with Gasteiger partial charge in [0.25, 0.3) is 0 Å². The normalized spacial score (nSPS) is 12.9. The molecule has 0 bridgehead atoms. The summed E-state index contributed by atoms with van der Waals surface area (Å²) in [5.41, 5.74) is -1.18. The van der Waals surface area contributed by atoms with Crippen molar-refractivity contribution in [2.24, 2.45) is 0 Å². The third-order valence-corrected chi connectivity index (χ3v) is 5.16. The van der Waals surface area contributed by atoms with Gasteiger partial charge >= 0.3 is 6.18 Å². The van der Waals surface area contributed by atoms with Crippen molar-refractivity contribution in [3.63, 3.8) is 0 Å². The number of sulfonamides is 1. The Balaban J connectivity index is 3.20. The molecule has 1 rings (SSSR count). The lowest BCUT2D eigenvalue weighted by Gasteiger charge is -2.20. The number of benzene rings is 1. The molecule has 1 aromatic carbocycles. The second-order valence-electron chi connectivity index (χ2n) is 4.31. The summed E-state index contributed by atoms with van der Waals surface area (Å²) in [7, 11) is -1.51. The van der Waals surface area contributed by atoms with Crippen molar-refractivity contribution < 1.29 is 26.3 Å². The van der Waals surface area contributed by atoms with E-state index in [1.54, 1.807) is 0 Å². The van der Waals surface area contributed by atoms with Crippen LogP contribution in [0.1, 0.15) is 12.0 Å². The highest BCUT2D eigenvalue weighted by Gasteiger charge is 2.38. The highest BCUT2D eigenvalue weighted by molar-refractivity contribution is 9.10. The first-order valence-electron chi connectivity index (χ1n) is 5.92. The van der Waals surface area contributed by atoms with Crippen molar-refractivity contribution in [2.45, 2.75) is 17.5 Å². The maximum absolute atomic E-state index is 13.0. The molecule has 0 heterocycles. The molecule has 0 amide bonds. The van der Waals surface area contributed by atoms with E-state index in [9.17, 15) is 21.6 Å². The molecule has 0 unspecified atom stereocenters. The van der Waals surface area contributed by atoms with Crippen molar-refractivity contribution in [1.29, 1.82) is 0 Å². The van der Waals surface area contributed by atoms with E-state index in [4.69, 9.17) is 4.74 Å². The lowest BCUT2D eigenvalue weighted by atomic mass is 10.2. The number of rotatable bonds is 6. The Morgan fingerprint density at radius 1 is 1.33 bits per heavy atom. The Hall–Kier alpha value is -0.640. The van der Waals surface area contributed by atoms with Gasteiger partial charge in [-0.25, -0.2) is 12.7 Å². The fraction of sp³-hybridized carbons (Fsp3) is 0.500. The van der Waals surface area contributed by atoms with Crippen LogP contribution in [0.2, 0.25) is 0 Å². The van der Waals surface area contributed by atoms with Crippen LogP contribution in [-0.2, 0) is 20.9 Å². The van der Waals surface area contributed by atoms with Gasteiger partial charge < -0.3 is 4.74 Å². The van der Waals surface area contributed by atoms with Gasteiger partial charge in [0, 0.05) is 31.8 Å². The van der Waals surface area contributed by atoms with Gasteiger partial charge in [0.2, 0.25) is 10.0 Å². The quantitative estimate of drug-likeness (QED) is 0.702. The molecule has 9 heteroatoms. The average Bonchev–Trinajstić information content (AvgIpc) is 2.37. The first-order chi connectivity index (χ1) is 9.60. The zero-order valence-electron chi connectivity index (χ0n) is 11.4. The van der Waals surface area contributed by atoms with Gasteiger partial charge in [-0.2, -0.15) is 13.2 Å². The Bertz CT molecular complexity index is 590. The van der Waals surface area contributed by atoms with Crippen LogP contribution in [0.4, 0.5) is 13.2 Å². The molecule has 0 atom stereocenters. The summed E-state index contributed by atoms with van der Waals surface area (Å²) in [6.07, 6.45) is -4.36. The summed E-state index contributed by atoms with van der Waals surface area (Å²) in [5.74, 6) is 0. The molecule has 4 nitrogen and oxygen atoms in total. The van der Waals surface area contributed by atoms with Crippen LogP contribution in [0, 0.1) is 0 Å². The standard InChI is InChI=1S/C12H15BrF3NO3S/c1-17(6-3-7-20-2)21(18,19)11-5-4-9(13)8-10(11)12(14,15)16/h4-5,8H,3,6-7H2,1-2H3. The summed E-state index contributed by atoms with van der Waals surface area (Å²) in [6, 6.07) is 2.98. The second-order valence-corrected chi connectivity index (χ2v) is 7.24. The monoisotopic (exact) mass is 389 g/mol. The van der Waals surface area contributed by atoms with Crippen molar-refractivity contribution in [2.75, 3.05) is 27.3 Å². The van der Waals surface area contributed by atoms with Gasteiger partial charge in [0.1, 0.15) is 0 Å². The van der Waals surface area contributed by atoms with Crippen molar-refractivity contribution in [1.82, 2.24) is 4.31 Å². The molecule has 0 spiro atoms. The van der Waals surface area contributed by atoms with E-state index >= 15 is 0 Å². The minimum Gasteiger partial charge on any atom is -0.385 e. The lowest BCUT2D eigenvalue weighted by Crippen LogP contribution is -2.30. The molecule has 0 fully saturated rings. The summed E-state index contributed by atoms with van der Waals surface area (Å²) in [4.78, 5) is -0.752. The third-order valence-electron chi connectivity index (χ3n) is 2.76. The fourth-order valence-electron chi connectivity index (χ4n) is 1.67. The SMILES string of the molecule is COCCCN(C)S(=O)(=O)c1ccc(Br)cc1C(F)(F)F. The molecular weight excluding hydrogens is 375 g/mol.